The van der Waals surface area contributed by atoms with Crippen molar-refractivity contribution in [2.75, 3.05) is 26.4 Å². The van der Waals surface area contributed by atoms with Gasteiger partial charge in [-0.2, -0.15) is 0 Å². The van der Waals surface area contributed by atoms with E-state index in [4.69, 9.17) is 0 Å². The maximum atomic E-state index is 10.8. The van der Waals surface area contributed by atoms with Crippen LogP contribution < -0.4 is 34.9 Å². The first-order chi connectivity index (χ1) is 12.7. The first-order valence-electron chi connectivity index (χ1n) is 8.33. The van der Waals surface area contributed by atoms with Crippen molar-refractivity contribution in [2.24, 2.45) is 0 Å². The average Bonchev–Trinajstić information content (AvgIpc) is 2.97. The summed E-state index contributed by atoms with van der Waals surface area (Å²) in [6.45, 7) is 13.8. The fraction of sp³-hybridized carbons (Fsp3) is 0.500. The average molecular weight is 440 g/mol. The van der Waals surface area contributed by atoms with Gasteiger partial charge < -0.3 is 19.7 Å². The van der Waals surface area contributed by atoms with Gasteiger partial charge in [-0.25, -0.2) is 8.42 Å². The zero-order valence-electron chi connectivity index (χ0n) is 17.9. The van der Waals surface area contributed by atoms with Crippen LogP contribution in [0.1, 0.15) is 26.7 Å². The number of nitrogens with zero attached hydrogens (tertiary/aromatic N) is 2. The standard InChI is InChI=1S/C7H13NO4S.C6H9NO.C5H9NO.Na/c1-4-6(9)8-7(2,3)5-13(10,11)12;1-2-7-5-3-4-6(7)8;1-4-5(7)6(2)3;/h4H,1,5H2,2-3H3,(H,8,9)(H,10,11,12);2H,1,3-5H2;4H,1H2,2-3H3;/q;;;+1/p-1. The maximum Gasteiger partial charge on any atom is 1.00 e. The summed E-state index contributed by atoms with van der Waals surface area (Å²) in [4.78, 5) is 34.9. The van der Waals surface area contributed by atoms with Gasteiger partial charge in [0.25, 0.3) is 0 Å². The van der Waals surface area contributed by atoms with E-state index in [1.807, 2.05) is 0 Å². The minimum absolute atomic E-state index is 0. The number of likely N-dealkylation sites (tertiary alicyclic amines) is 1. The van der Waals surface area contributed by atoms with E-state index in [1.54, 1.807) is 25.2 Å². The zero-order chi connectivity index (χ0) is 22.5. The third-order valence-electron chi connectivity index (χ3n) is 3.13. The molecule has 0 radical (unpaired) electrons. The van der Waals surface area contributed by atoms with Gasteiger partial charge in [0.05, 0.1) is 15.9 Å². The van der Waals surface area contributed by atoms with Gasteiger partial charge in [0.15, 0.2) is 0 Å². The van der Waals surface area contributed by atoms with Gasteiger partial charge in [-0.1, -0.05) is 19.7 Å². The van der Waals surface area contributed by atoms with E-state index >= 15 is 0 Å². The molecule has 1 saturated heterocycles. The van der Waals surface area contributed by atoms with Gasteiger partial charge >= 0.3 is 29.6 Å². The number of carbonyl (C=O) groups is 3. The zero-order valence-corrected chi connectivity index (χ0v) is 20.8. The topological polar surface area (TPSA) is 127 Å². The van der Waals surface area contributed by atoms with Gasteiger partial charge in [0.1, 0.15) is 0 Å². The molecule has 0 atom stereocenters. The van der Waals surface area contributed by atoms with E-state index in [1.165, 1.54) is 24.8 Å². The number of likely N-dealkylation sites (N-methyl/N-ethyl adjacent to an activating group) is 1. The van der Waals surface area contributed by atoms with Crippen molar-refractivity contribution in [3.8, 4) is 0 Å². The van der Waals surface area contributed by atoms with E-state index in [0.717, 1.165) is 19.0 Å². The Labute approximate surface area is 195 Å². The Hall–Kier alpha value is -1.46. The Balaban J connectivity index is -0.000000365. The third kappa shape index (κ3) is 18.3. The Morgan fingerprint density at radius 1 is 1.24 bits per heavy atom. The number of amides is 3. The fourth-order valence-corrected chi connectivity index (χ4v) is 2.86. The quantitative estimate of drug-likeness (QED) is 0.280. The molecule has 9 nitrogen and oxygen atoms in total. The van der Waals surface area contributed by atoms with Crippen molar-refractivity contribution in [1.82, 2.24) is 15.1 Å². The molecule has 0 spiro atoms. The normalized spacial score (nSPS) is 12.7. The number of carbonyl (C=O) groups excluding carboxylic acids is 3. The molecule has 1 N–H and O–H groups in total. The maximum absolute atomic E-state index is 10.8. The van der Waals surface area contributed by atoms with Crippen LogP contribution in [0.15, 0.2) is 38.1 Å². The second-order valence-electron chi connectivity index (χ2n) is 6.59. The van der Waals surface area contributed by atoms with Crippen LogP contribution in [0.25, 0.3) is 0 Å². The van der Waals surface area contributed by atoms with Crippen LogP contribution in [0.5, 0.6) is 0 Å². The molecule has 0 bridgehead atoms. The van der Waals surface area contributed by atoms with E-state index in [9.17, 15) is 27.4 Å². The molecule has 1 aliphatic heterocycles. The summed E-state index contributed by atoms with van der Waals surface area (Å²) in [7, 11) is -0.966. The Morgan fingerprint density at radius 2 is 1.76 bits per heavy atom. The molecular formula is C18H30N3NaO6S. The summed E-state index contributed by atoms with van der Waals surface area (Å²) >= 11 is 0. The van der Waals surface area contributed by atoms with Gasteiger partial charge in [-0.05, 0) is 38.6 Å². The van der Waals surface area contributed by atoms with Crippen molar-refractivity contribution in [2.45, 2.75) is 32.2 Å². The smallest absolute Gasteiger partial charge is 0.748 e. The summed E-state index contributed by atoms with van der Waals surface area (Å²) < 4.78 is 31.2. The Morgan fingerprint density at radius 3 is 1.97 bits per heavy atom. The molecule has 11 heteroatoms. The van der Waals surface area contributed by atoms with E-state index in [0.29, 0.717) is 6.42 Å². The summed E-state index contributed by atoms with van der Waals surface area (Å²) in [5.74, 6) is -0.992. The van der Waals surface area contributed by atoms with Crippen LogP contribution in [0.4, 0.5) is 0 Å². The molecule has 0 aliphatic carbocycles. The predicted molar refractivity (Wildman–Crippen MR) is 107 cm³/mol. The summed E-state index contributed by atoms with van der Waals surface area (Å²) in [6.07, 6.45) is 5.57. The molecule has 3 amide bonds. The predicted octanol–water partition coefficient (Wildman–Crippen LogP) is -2.37. The second kappa shape index (κ2) is 15.4. The number of rotatable bonds is 6. The van der Waals surface area contributed by atoms with Crippen LogP contribution in [0, 0.1) is 0 Å². The van der Waals surface area contributed by atoms with Gasteiger partial charge in [-0.3, -0.25) is 14.4 Å². The first kappa shape index (κ1) is 32.2. The van der Waals surface area contributed by atoms with Crippen LogP contribution in [-0.2, 0) is 24.5 Å². The molecule has 0 unspecified atom stereocenters. The molecule has 0 saturated carbocycles. The molecular weight excluding hydrogens is 409 g/mol. The van der Waals surface area contributed by atoms with E-state index < -0.39 is 27.3 Å². The van der Waals surface area contributed by atoms with Crippen LogP contribution in [0.3, 0.4) is 0 Å². The third-order valence-corrected chi connectivity index (χ3v) is 4.21. The van der Waals surface area contributed by atoms with Gasteiger partial charge in [0, 0.05) is 32.6 Å². The van der Waals surface area contributed by atoms with Gasteiger partial charge in [0.2, 0.25) is 17.7 Å². The molecule has 29 heavy (non-hydrogen) atoms. The monoisotopic (exact) mass is 439 g/mol. The van der Waals surface area contributed by atoms with Crippen molar-refractivity contribution in [3.63, 3.8) is 0 Å². The molecule has 160 valence electrons. The molecule has 0 aromatic carbocycles. The molecule has 1 heterocycles. The van der Waals surface area contributed by atoms with Gasteiger partial charge in [-0.15, -0.1) is 0 Å². The van der Waals surface area contributed by atoms with Crippen LogP contribution in [0.2, 0.25) is 0 Å². The number of nitrogens with one attached hydrogen (secondary N) is 1. The summed E-state index contributed by atoms with van der Waals surface area (Å²) in [6, 6.07) is 0. The van der Waals surface area contributed by atoms with Crippen molar-refractivity contribution >= 4 is 27.8 Å². The summed E-state index contributed by atoms with van der Waals surface area (Å²) in [5.41, 5.74) is -1.06. The van der Waals surface area contributed by atoms with E-state index in [-0.39, 0.29) is 41.4 Å². The number of hydrogen-bond acceptors (Lipinski definition) is 6. The first-order valence-corrected chi connectivity index (χ1v) is 9.90. The number of hydrogen-bond donors (Lipinski definition) is 1. The largest absolute Gasteiger partial charge is 1.00 e. The minimum atomic E-state index is -4.33. The molecule has 0 aromatic rings. The summed E-state index contributed by atoms with van der Waals surface area (Å²) in [5, 5.41) is 2.33. The molecule has 0 aromatic heterocycles. The Kier molecular flexibility index (Phi) is 17.1. The second-order valence-corrected chi connectivity index (χ2v) is 7.99. The van der Waals surface area contributed by atoms with Crippen molar-refractivity contribution < 1.29 is 56.9 Å². The van der Waals surface area contributed by atoms with E-state index in [2.05, 4.69) is 25.1 Å². The molecule has 1 aliphatic rings. The Bertz CT molecular complexity index is 690. The fourth-order valence-electron chi connectivity index (χ4n) is 1.91. The molecule has 1 fully saturated rings. The molecule has 1 rings (SSSR count). The van der Waals surface area contributed by atoms with Crippen LogP contribution in [-0.4, -0.2) is 72.4 Å². The van der Waals surface area contributed by atoms with Crippen molar-refractivity contribution in [3.05, 3.63) is 38.1 Å². The SMILES string of the molecule is C=CC(=O)N(C)C.C=CC(=O)NC(C)(C)CS(=O)(=O)[O-].C=CN1CCCC1=O.[Na+]. The minimum Gasteiger partial charge on any atom is -0.748 e. The van der Waals surface area contributed by atoms with Crippen molar-refractivity contribution in [1.29, 1.82) is 0 Å². The van der Waals surface area contributed by atoms with Crippen LogP contribution >= 0.6 is 0 Å².